The smallest absolute Gasteiger partial charge is 0.207 e. The van der Waals surface area contributed by atoms with Gasteiger partial charge in [-0.05, 0) is 61.6 Å². The van der Waals surface area contributed by atoms with E-state index in [0.717, 1.165) is 17.4 Å². The largest absolute Gasteiger partial charge is 0.344 e. The van der Waals surface area contributed by atoms with Gasteiger partial charge in [0, 0.05) is 17.8 Å². The second kappa shape index (κ2) is 5.52. The monoisotopic (exact) mass is 332 g/mol. The van der Waals surface area contributed by atoms with Crippen molar-refractivity contribution in [3.63, 3.8) is 0 Å². The van der Waals surface area contributed by atoms with Crippen molar-refractivity contribution in [2.24, 2.45) is 23.7 Å². The van der Waals surface area contributed by atoms with E-state index in [0.29, 0.717) is 18.4 Å². The zero-order chi connectivity index (χ0) is 16.3. The molecule has 0 N–H and O–H groups in total. The summed E-state index contributed by atoms with van der Waals surface area (Å²) < 4.78 is 19.5. The highest BCUT2D eigenvalue weighted by atomic mass is 19.1. The first-order valence-corrected chi connectivity index (χ1v) is 9.38. The Morgan fingerprint density at radius 2 is 1.62 bits per heavy atom. The number of hydrogen-bond acceptors (Lipinski definition) is 3. The van der Waals surface area contributed by atoms with Gasteiger partial charge in [-0.1, -0.05) is 19.1 Å². The average molecular weight is 332 g/mol. The van der Waals surface area contributed by atoms with E-state index >= 15 is 0 Å². The quantitative estimate of drug-likeness (QED) is 0.750. The van der Waals surface area contributed by atoms with Gasteiger partial charge >= 0.3 is 0 Å². The lowest BCUT2D eigenvalue weighted by atomic mass is 9.53. The fraction of sp³-hybridized carbons (Fsp3) is 0.700. The van der Waals surface area contributed by atoms with Gasteiger partial charge < -0.3 is 4.74 Å². The molecule has 1 aromatic rings. The first-order chi connectivity index (χ1) is 11.6. The van der Waals surface area contributed by atoms with Crippen LogP contribution in [0.15, 0.2) is 24.3 Å². The molecule has 1 heterocycles. The van der Waals surface area contributed by atoms with Crippen LogP contribution in [-0.4, -0.2) is 18.5 Å². The molecule has 5 fully saturated rings. The van der Waals surface area contributed by atoms with Crippen LogP contribution in [-0.2, 0) is 14.5 Å². The number of rotatable bonds is 2. The zero-order valence-electron chi connectivity index (χ0n) is 14.1. The van der Waals surface area contributed by atoms with Crippen molar-refractivity contribution in [3.8, 4) is 0 Å². The molecule has 4 bridgehead atoms. The molecule has 1 aromatic carbocycles. The minimum atomic E-state index is -0.494. The van der Waals surface area contributed by atoms with Gasteiger partial charge in [-0.15, -0.1) is 0 Å². The first kappa shape index (κ1) is 15.3. The lowest BCUT2D eigenvalue weighted by molar-refractivity contribution is -0.526. The summed E-state index contributed by atoms with van der Waals surface area (Å²) in [6.45, 7) is 2.64. The predicted molar refractivity (Wildman–Crippen MR) is 86.5 cm³/mol. The molecule has 2 atom stereocenters. The summed E-state index contributed by atoms with van der Waals surface area (Å²) in [6, 6.07) is 6.62. The van der Waals surface area contributed by atoms with Gasteiger partial charge in [0.15, 0.2) is 0 Å². The highest BCUT2D eigenvalue weighted by Crippen LogP contribution is 2.60. The minimum Gasteiger partial charge on any atom is -0.344 e. The third-order valence-electron chi connectivity index (χ3n) is 7.00. The van der Waals surface area contributed by atoms with E-state index in [4.69, 9.17) is 14.5 Å². The SMILES string of the molecule is CC(c1ccc(F)cc1)C1COC2(OO1)C1CC3CC(C1)CC2C3. The third-order valence-corrected chi connectivity index (χ3v) is 7.00. The van der Waals surface area contributed by atoms with Crippen LogP contribution in [0, 0.1) is 29.5 Å². The van der Waals surface area contributed by atoms with Gasteiger partial charge in [-0.3, -0.25) is 0 Å². The number of halogens is 1. The Balaban J connectivity index is 1.30. The highest BCUT2D eigenvalue weighted by molar-refractivity contribution is 5.21. The molecular formula is C20H25FO3. The van der Waals surface area contributed by atoms with E-state index in [9.17, 15) is 4.39 Å². The Labute approximate surface area is 142 Å². The van der Waals surface area contributed by atoms with Crippen molar-refractivity contribution in [1.82, 2.24) is 0 Å². The highest BCUT2D eigenvalue weighted by Gasteiger charge is 2.61. The molecule has 0 radical (unpaired) electrons. The van der Waals surface area contributed by atoms with Gasteiger partial charge in [-0.25, -0.2) is 14.2 Å². The van der Waals surface area contributed by atoms with E-state index in [-0.39, 0.29) is 17.8 Å². The number of hydrogen-bond donors (Lipinski definition) is 0. The van der Waals surface area contributed by atoms with Gasteiger partial charge in [0.2, 0.25) is 5.79 Å². The molecule has 130 valence electrons. The molecular weight excluding hydrogens is 307 g/mol. The average Bonchev–Trinajstić information content (AvgIpc) is 2.60. The molecule has 0 amide bonds. The maximum absolute atomic E-state index is 13.1. The number of benzene rings is 1. The summed E-state index contributed by atoms with van der Waals surface area (Å²) in [4.78, 5) is 11.9. The van der Waals surface area contributed by atoms with Crippen LogP contribution in [0.3, 0.4) is 0 Å². The van der Waals surface area contributed by atoms with Gasteiger partial charge in [0.05, 0.1) is 6.61 Å². The topological polar surface area (TPSA) is 27.7 Å². The van der Waals surface area contributed by atoms with Crippen LogP contribution in [0.2, 0.25) is 0 Å². The Kier molecular flexibility index (Phi) is 3.52. The molecule has 6 rings (SSSR count). The lowest BCUT2D eigenvalue weighted by Gasteiger charge is -2.60. The molecule has 3 nitrogen and oxygen atoms in total. The molecule has 4 saturated carbocycles. The number of ether oxygens (including phenoxy) is 1. The molecule has 5 aliphatic rings. The Morgan fingerprint density at radius 1 is 1.00 bits per heavy atom. The Bertz CT molecular complexity index is 576. The molecule has 1 spiro atoms. The molecule has 2 unspecified atom stereocenters. The fourth-order valence-electron chi connectivity index (χ4n) is 5.82. The Morgan fingerprint density at radius 3 is 2.17 bits per heavy atom. The molecule has 24 heavy (non-hydrogen) atoms. The molecule has 4 heteroatoms. The van der Waals surface area contributed by atoms with E-state index in [2.05, 4.69) is 6.92 Å². The van der Waals surface area contributed by atoms with Crippen molar-refractivity contribution in [2.75, 3.05) is 6.61 Å². The van der Waals surface area contributed by atoms with Crippen molar-refractivity contribution < 1.29 is 18.9 Å². The van der Waals surface area contributed by atoms with Gasteiger partial charge in [0.1, 0.15) is 11.9 Å². The van der Waals surface area contributed by atoms with Crippen molar-refractivity contribution in [2.45, 2.75) is 56.8 Å². The summed E-state index contributed by atoms with van der Waals surface area (Å²) >= 11 is 0. The van der Waals surface area contributed by atoms with Gasteiger partial charge in [0.25, 0.3) is 0 Å². The molecule has 4 aliphatic carbocycles. The van der Waals surface area contributed by atoms with E-state index in [1.165, 1.54) is 44.2 Å². The first-order valence-electron chi connectivity index (χ1n) is 9.38. The summed E-state index contributed by atoms with van der Waals surface area (Å²) in [7, 11) is 0. The van der Waals surface area contributed by atoms with Crippen molar-refractivity contribution >= 4 is 0 Å². The van der Waals surface area contributed by atoms with Crippen LogP contribution in [0.25, 0.3) is 0 Å². The van der Waals surface area contributed by atoms with Crippen LogP contribution < -0.4 is 0 Å². The summed E-state index contributed by atoms with van der Waals surface area (Å²) in [5, 5.41) is 0. The van der Waals surface area contributed by atoms with Gasteiger partial charge in [-0.2, -0.15) is 0 Å². The zero-order valence-corrected chi connectivity index (χ0v) is 14.1. The second-order valence-electron chi connectivity index (χ2n) is 8.40. The summed E-state index contributed by atoms with van der Waals surface area (Å²) in [6.07, 6.45) is 6.19. The maximum Gasteiger partial charge on any atom is 0.207 e. The maximum atomic E-state index is 13.1. The Hall–Kier alpha value is -0.970. The molecule has 1 aliphatic heterocycles. The fourth-order valence-corrected chi connectivity index (χ4v) is 5.82. The third kappa shape index (κ3) is 2.27. The van der Waals surface area contributed by atoms with E-state index < -0.39 is 5.79 Å². The van der Waals surface area contributed by atoms with E-state index in [1.807, 2.05) is 12.1 Å². The van der Waals surface area contributed by atoms with Crippen molar-refractivity contribution in [3.05, 3.63) is 35.6 Å². The van der Waals surface area contributed by atoms with E-state index in [1.54, 1.807) is 0 Å². The van der Waals surface area contributed by atoms with Crippen LogP contribution in [0.1, 0.15) is 50.5 Å². The molecule has 1 saturated heterocycles. The normalized spacial score (nSPS) is 44.8. The van der Waals surface area contributed by atoms with Crippen LogP contribution in [0.4, 0.5) is 4.39 Å². The standard InChI is InChI=1S/C20H25FO3/c1-12(15-2-4-18(21)5-3-15)19-11-22-20(24-23-19)16-7-13-6-14(9-16)10-17(20)8-13/h2-5,12-14,16-17,19H,6-11H2,1H3. The van der Waals surface area contributed by atoms with Crippen molar-refractivity contribution in [1.29, 1.82) is 0 Å². The second-order valence-corrected chi connectivity index (χ2v) is 8.40. The summed E-state index contributed by atoms with van der Waals surface area (Å²) in [5.41, 5.74) is 1.05. The lowest BCUT2D eigenvalue weighted by Crippen LogP contribution is -2.63. The molecule has 0 aromatic heterocycles. The van der Waals surface area contributed by atoms with Crippen LogP contribution >= 0.6 is 0 Å². The summed E-state index contributed by atoms with van der Waals surface area (Å²) in [5.74, 6) is 2.15. The predicted octanol–water partition coefficient (Wildman–Crippen LogP) is 4.43. The van der Waals surface area contributed by atoms with Crippen LogP contribution in [0.5, 0.6) is 0 Å². The minimum absolute atomic E-state index is 0.111.